The van der Waals surface area contributed by atoms with Gasteiger partial charge in [-0.3, -0.25) is 0 Å². The lowest BCUT2D eigenvalue weighted by atomic mass is 10.2. The molecular weight excluding hydrogens is 276 g/mol. The van der Waals surface area contributed by atoms with Crippen molar-refractivity contribution in [3.05, 3.63) is 18.0 Å². The smallest absolute Gasteiger partial charge is 0.242 e. The number of hydrogen-bond acceptors (Lipinski definition) is 3. The standard InChI is InChI=1S/C14H24N2O3S/c1-11(2)16-9-14(8-13(16)10-17)20(18,19)15-7-3-4-12-5-6-12/h8-9,11-12,15,17H,3-7,10H2,1-2H3. The van der Waals surface area contributed by atoms with E-state index in [-0.39, 0.29) is 17.5 Å². The van der Waals surface area contributed by atoms with Crippen LogP contribution in [0.25, 0.3) is 0 Å². The molecule has 1 fully saturated rings. The van der Waals surface area contributed by atoms with Crippen LogP contribution < -0.4 is 4.72 Å². The molecule has 1 aromatic heterocycles. The van der Waals surface area contributed by atoms with Gasteiger partial charge in [-0.2, -0.15) is 0 Å². The quantitative estimate of drug-likeness (QED) is 0.722. The van der Waals surface area contributed by atoms with Crippen LogP contribution in [0.15, 0.2) is 17.2 Å². The molecule has 1 aromatic rings. The minimum atomic E-state index is -3.47. The summed E-state index contributed by atoms with van der Waals surface area (Å²) in [5.41, 5.74) is 0.623. The second kappa shape index (κ2) is 6.28. The van der Waals surface area contributed by atoms with E-state index in [0.29, 0.717) is 12.2 Å². The fourth-order valence-electron chi connectivity index (χ4n) is 2.34. The van der Waals surface area contributed by atoms with E-state index in [1.54, 1.807) is 16.8 Å². The predicted octanol–water partition coefficient (Wildman–Crippen LogP) is 2.03. The topological polar surface area (TPSA) is 71.3 Å². The highest BCUT2D eigenvalue weighted by Crippen LogP contribution is 2.33. The number of aromatic nitrogens is 1. The Morgan fingerprint density at radius 3 is 2.65 bits per heavy atom. The molecule has 0 aliphatic heterocycles. The first-order valence-corrected chi connectivity index (χ1v) is 8.73. The van der Waals surface area contributed by atoms with Crippen molar-refractivity contribution in [2.45, 2.75) is 57.1 Å². The normalized spacial score (nSPS) is 16.0. The summed E-state index contributed by atoms with van der Waals surface area (Å²) in [6, 6.07) is 1.67. The molecule has 0 unspecified atom stereocenters. The maximum atomic E-state index is 12.2. The number of sulfonamides is 1. The lowest BCUT2D eigenvalue weighted by Crippen LogP contribution is -2.24. The molecule has 2 rings (SSSR count). The summed E-state index contributed by atoms with van der Waals surface area (Å²) in [4.78, 5) is 0.238. The first-order chi connectivity index (χ1) is 9.44. The molecule has 0 aromatic carbocycles. The number of rotatable bonds is 8. The first-order valence-electron chi connectivity index (χ1n) is 7.25. The lowest BCUT2D eigenvalue weighted by molar-refractivity contribution is 0.268. The van der Waals surface area contributed by atoms with Gasteiger partial charge in [0.25, 0.3) is 0 Å². The van der Waals surface area contributed by atoms with Crippen LogP contribution in [0.4, 0.5) is 0 Å². The Labute approximate surface area is 121 Å². The summed E-state index contributed by atoms with van der Waals surface area (Å²) < 4.78 is 28.8. The summed E-state index contributed by atoms with van der Waals surface area (Å²) in [7, 11) is -3.47. The van der Waals surface area contributed by atoms with Gasteiger partial charge >= 0.3 is 0 Å². The van der Waals surface area contributed by atoms with Gasteiger partial charge in [-0.05, 0) is 38.7 Å². The first kappa shape index (κ1) is 15.5. The monoisotopic (exact) mass is 300 g/mol. The van der Waals surface area contributed by atoms with Crippen molar-refractivity contribution in [3.63, 3.8) is 0 Å². The SMILES string of the molecule is CC(C)n1cc(S(=O)(=O)NCCCC2CC2)cc1CO. The highest BCUT2D eigenvalue weighted by Gasteiger charge is 2.22. The molecule has 0 saturated heterocycles. The molecule has 114 valence electrons. The maximum absolute atomic E-state index is 12.2. The molecule has 0 bridgehead atoms. The Morgan fingerprint density at radius 2 is 2.15 bits per heavy atom. The van der Waals surface area contributed by atoms with Gasteiger partial charge in [0.1, 0.15) is 0 Å². The molecule has 0 atom stereocenters. The maximum Gasteiger partial charge on any atom is 0.242 e. The molecule has 0 spiro atoms. The molecule has 0 radical (unpaired) electrons. The van der Waals surface area contributed by atoms with Gasteiger partial charge in [0.15, 0.2) is 0 Å². The van der Waals surface area contributed by atoms with E-state index < -0.39 is 10.0 Å². The van der Waals surface area contributed by atoms with E-state index in [1.165, 1.54) is 12.8 Å². The number of nitrogens with one attached hydrogen (secondary N) is 1. The minimum Gasteiger partial charge on any atom is -0.390 e. The Hall–Kier alpha value is -0.850. The van der Waals surface area contributed by atoms with Gasteiger partial charge in [-0.25, -0.2) is 13.1 Å². The van der Waals surface area contributed by atoms with Crippen LogP contribution in [-0.4, -0.2) is 24.6 Å². The van der Waals surface area contributed by atoms with Gasteiger partial charge in [0, 0.05) is 24.5 Å². The second-order valence-electron chi connectivity index (χ2n) is 5.81. The van der Waals surface area contributed by atoms with Gasteiger partial charge in [0.05, 0.1) is 11.5 Å². The Morgan fingerprint density at radius 1 is 1.45 bits per heavy atom. The number of hydrogen-bond donors (Lipinski definition) is 2. The average Bonchev–Trinajstić information content (AvgIpc) is 3.09. The summed E-state index contributed by atoms with van der Waals surface area (Å²) in [6.45, 7) is 4.24. The second-order valence-corrected chi connectivity index (χ2v) is 7.58. The van der Waals surface area contributed by atoms with Crippen LogP contribution in [0.2, 0.25) is 0 Å². The summed E-state index contributed by atoms with van der Waals surface area (Å²) >= 11 is 0. The number of nitrogens with zero attached hydrogens (tertiary/aromatic N) is 1. The molecule has 1 heterocycles. The van der Waals surface area contributed by atoms with Crippen molar-refractivity contribution >= 4 is 10.0 Å². The van der Waals surface area contributed by atoms with E-state index in [0.717, 1.165) is 18.8 Å². The molecule has 1 aliphatic rings. The zero-order valence-corrected chi connectivity index (χ0v) is 13.0. The lowest BCUT2D eigenvalue weighted by Gasteiger charge is -2.10. The van der Waals surface area contributed by atoms with E-state index >= 15 is 0 Å². The molecule has 2 N–H and O–H groups in total. The van der Waals surface area contributed by atoms with Crippen molar-refractivity contribution < 1.29 is 13.5 Å². The number of aliphatic hydroxyl groups is 1. The van der Waals surface area contributed by atoms with Gasteiger partial charge in [0.2, 0.25) is 10.0 Å². The van der Waals surface area contributed by atoms with E-state index in [9.17, 15) is 13.5 Å². The van der Waals surface area contributed by atoms with Crippen LogP contribution >= 0.6 is 0 Å². The molecule has 20 heavy (non-hydrogen) atoms. The van der Waals surface area contributed by atoms with E-state index in [4.69, 9.17) is 0 Å². The zero-order chi connectivity index (χ0) is 14.8. The number of aliphatic hydroxyl groups excluding tert-OH is 1. The zero-order valence-electron chi connectivity index (χ0n) is 12.2. The summed E-state index contributed by atoms with van der Waals surface area (Å²) in [5, 5.41) is 9.29. The Balaban J connectivity index is 2.00. The van der Waals surface area contributed by atoms with Crippen LogP contribution in [0.5, 0.6) is 0 Å². The summed E-state index contributed by atoms with van der Waals surface area (Å²) in [6.07, 6.45) is 6.19. The van der Waals surface area contributed by atoms with Crippen LogP contribution in [0.3, 0.4) is 0 Å². The Kier molecular flexibility index (Phi) is 4.88. The molecule has 1 saturated carbocycles. The Bertz CT molecular complexity index is 545. The average molecular weight is 300 g/mol. The van der Waals surface area contributed by atoms with Gasteiger partial charge in [-0.15, -0.1) is 0 Å². The van der Waals surface area contributed by atoms with E-state index in [2.05, 4.69) is 4.72 Å². The van der Waals surface area contributed by atoms with Gasteiger partial charge in [-0.1, -0.05) is 12.8 Å². The third-order valence-electron chi connectivity index (χ3n) is 3.71. The van der Waals surface area contributed by atoms with Crippen LogP contribution in [0, 0.1) is 5.92 Å². The van der Waals surface area contributed by atoms with Crippen LogP contribution in [-0.2, 0) is 16.6 Å². The minimum absolute atomic E-state index is 0.121. The molecule has 1 aliphatic carbocycles. The van der Waals surface area contributed by atoms with Crippen molar-refractivity contribution in [3.8, 4) is 0 Å². The fraction of sp³-hybridized carbons (Fsp3) is 0.714. The molecular formula is C14H24N2O3S. The van der Waals surface area contributed by atoms with Crippen molar-refractivity contribution in [2.24, 2.45) is 5.92 Å². The molecule has 6 heteroatoms. The van der Waals surface area contributed by atoms with Crippen molar-refractivity contribution in [1.82, 2.24) is 9.29 Å². The summed E-state index contributed by atoms with van der Waals surface area (Å²) in [5.74, 6) is 0.822. The van der Waals surface area contributed by atoms with Crippen molar-refractivity contribution in [2.75, 3.05) is 6.54 Å². The van der Waals surface area contributed by atoms with E-state index in [1.807, 2.05) is 13.8 Å². The largest absolute Gasteiger partial charge is 0.390 e. The van der Waals surface area contributed by atoms with Gasteiger partial charge < -0.3 is 9.67 Å². The molecule has 5 nitrogen and oxygen atoms in total. The van der Waals surface area contributed by atoms with Crippen molar-refractivity contribution in [1.29, 1.82) is 0 Å². The van der Waals surface area contributed by atoms with Crippen LogP contribution in [0.1, 0.15) is 51.3 Å². The highest BCUT2D eigenvalue weighted by molar-refractivity contribution is 7.89. The molecule has 0 amide bonds. The third-order valence-corrected chi connectivity index (χ3v) is 5.14. The predicted molar refractivity (Wildman–Crippen MR) is 77.9 cm³/mol. The third kappa shape index (κ3) is 3.84. The highest BCUT2D eigenvalue weighted by atomic mass is 32.2. The fourth-order valence-corrected chi connectivity index (χ4v) is 3.46.